The molecule has 10 heteroatoms. The van der Waals surface area contributed by atoms with Gasteiger partial charge in [-0.15, -0.1) is 11.3 Å². The third-order valence-corrected chi connectivity index (χ3v) is 8.64. The van der Waals surface area contributed by atoms with Crippen LogP contribution < -0.4 is 14.8 Å². The van der Waals surface area contributed by atoms with E-state index in [0.29, 0.717) is 43.5 Å². The van der Waals surface area contributed by atoms with E-state index in [2.05, 4.69) is 10.0 Å². The second-order valence-corrected chi connectivity index (χ2v) is 11.9. The van der Waals surface area contributed by atoms with Crippen LogP contribution in [0.25, 0.3) is 11.1 Å². The van der Waals surface area contributed by atoms with Gasteiger partial charge in [0.25, 0.3) is 10.0 Å². The quantitative estimate of drug-likeness (QED) is 0.402. The molecule has 0 radical (unpaired) electrons. The minimum atomic E-state index is -3.93. The number of anilines is 1. The van der Waals surface area contributed by atoms with Gasteiger partial charge in [-0.25, -0.2) is 8.42 Å². The molecule has 0 amide bonds. The predicted octanol–water partition coefficient (Wildman–Crippen LogP) is 6.31. The molecule has 1 atom stereocenters. The fraction of sp³-hybridized carbons (Fsp3) is 0.238. The fourth-order valence-electron chi connectivity index (χ4n) is 3.40. The maximum atomic E-state index is 13.2. The Morgan fingerprint density at radius 1 is 1.13 bits per heavy atom. The molecule has 0 bridgehead atoms. The molecule has 1 saturated heterocycles. The van der Waals surface area contributed by atoms with E-state index in [9.17, 15) is 8.42 Å². The molecule has 1 fully saturated rings. The first kappa shape index (κ1) is 22.7. The zero-order valence-electron chi connectivity index (χ0n) is 16.4. The molecule has 31 heavy (non-hydrogen) atoms. The lowest BCUT2D eigenvalue weighted by molar-refractivity contribution is 0.111. The summed E-state index contributed by atoms with van der Waals surface area (Å²) in [4.78, 5) is 0. The Bertz CT molecular complexity index is 1220. The van der Waals surface area contributed by atoms with E-state index in [1.165, 1.54) is 0 Å². The Morgan fingerprint density at radius 2 is 1.94 bits per heavy atom. The highest BCUT2D eigenvalue weighted by Crippen LogP contribution is 2.40. The highest BCUT2D eigenvalue weighted by molar-refractivity contribution is 7.94. The molecule has 164 valence electrons. The van der Waals surface area contributed by atoms with Crippen molar-refractivity contribution in [1.82, 2.24) is 5.32 Å². The minimum Gasteiger partial charge on any atom is -0.485 e. The lowest BCUT2D eigenvalue weighted by Crippen LogP contribution is -2.34. The molecular weight excluding hydrogens is 499 g/mol. The summed E-state index contributed by atoms with van der Waals surface area (Å²) in [7, 11) is -3.93. The molecule has 0 spiro atoms. The molecule has 3 aromatic rings. The van der Waals surface area contributed by atoms with Crippen molar-refractivity contribution in [3.8, 4) is 16.9 Å². The van der Waals surface area contributed by atoms with E-state index in [1.807, 2.05) is 6.92 Å². The number of ether oxygens (including phenoxy) is 1. The van der Waals surface area contributed by atoms with Crippen LogP contribution in [0.4, 0.5) is 5.69 Å². The van der Waals surface area contributed by atoms with E-state index in [4.69, 9.17) is 39.5 Å². The van der Waals surface area contributed by atoms with Crippen molar-refractivity contribution in [2.45, 2.75) is 23.2 Å². The average molecular weight is 518 g/mol. The lowest BCUT2D eigenvalue weighted by atomic mass is 10.1. The summed E-state index contributed by atoms with van der Waals surface area (Å²) in [6, 6.07) is 13.4. The van der Waals surface area contributed by atoms with Crippen molar-refractivity contribution in [3.05, 3.63) is 62.9 Å². The van der Waals surface area contributed by atoms with Gasteiger partial charge < -0.3 is 10.1 Å². The van der Waals surface area contributed by atoms with Crippen LogP contribution in [0.1, 0.15) is 13.3 Å². The molecule has 4 rings (SSSR count). The second kappa shape index (κ2) is 8.81. The monoisotopic (exact) mass is 516 g/mol. The first-order valence-corrected chi connectivity index (χ1v) is 12.9. The summed E-state index contributed by atoms with van der Waals surface area (Å²) in [5.41, 5.74) is 1.09. The fourth-order valence-corrected chi connectivity index (χ4v) is 6.69. The van der Waals surface area contributed by atoms with Crippen LogP contribution in [0.3, 0.4) is 0 Å². The summed E-state index contributed by atoms with van der Waals surface area (Å²) in [5.74, 6) is 0.423. The Labute approximate surface area is 200 Å². The number of thiophene rings is 1. The van der Waals surface area contributed by atoms with Crippen molar-refractivity contribution in [3.63, 3.8) is 0 Å². The summed E-state index contributed by atoms with van der Waals surface area (Å²) >= 11 is 19.5. The third kappa shape index (κ3) is 5.13. The van der Waals surface area contributed by atoms with Gasteiger partial charge in [-0.3, -0.25) is 4.72 Å². The van der Waals surface area contributed by atoms with Crippen LogP contribution in [0, 0.1) is 0 Å². The van der Waals surface area contributed by atoms with Gasteiger partial charge >= 0.3 is 0 Å². The molecule has 5 nitrogen and oxygen atoms in total. The molecule has 2 N–H and O–H groups in total. The second-order valence-electron chi connectivity index (χ2n) is 7.49. The van der Waals surface area contributed by atoms with Crippen molar-refractivity contribution in [2.75, 3.05) is 17.8 Å². The van der Waals surface area contributed by atoms with Gasteiger partial charge in [-0.05, 0) is 49.4 Å². The Kier molecular flexibility index (Phi) is 6.45. The topological polar surface area (TPSA) is 67.4 Å². The van der Waals surface area contributed by atoms with Crippen LogP contribution in [-0.4, -0.2) is 27.1 Å². The molecule has 1 aromatic heterocycles. The number of hydrogen-bond donors (Lipinski definition) is 2. The van der Waals surface area contributed by atoms with E-state index in [-0.39, 0.29) is 4.21 Å². The number of rotatable bonds is 6. The summed E-state index contributed by atoms with van der Waals surface area (Å²) in [6.45, 7) is 3.53. The van der Waals surface area contributed by atoms with Gasteiger partial charge in [-0.1, -0.05) is 46.9 Å². The number of sulfonamides is 1. The van der Waals surface area contributed by atoms with Crippen LogP contribution in [0.5, 0.6) is 5.75 Å². The van der Waals surface area contributed by atoms with Crippen LogP contribution in [0.15, 0.2) is 52.7 Å². The van der Waals surface area contributed by atoms with Crippen molar-refractivity contribution >= 4 is 61.9 Å². The number of nitrogens with one attached hydrogen (secondary N) is 2. The Hall–Kier alpha value is -1.48. The number of halogens is 3. The van der Waals surface area contributed by atoms with E-state index >= 15 is 0 Å². The van der Waals surface area contributed by atoms with Gasteiger partial charge in [0.1, 0.15) is 15.6 Å². The maximum Gasteiger partial charge on any atom is 0.272 e. The van der Waals surface area contributed by atoms with Gasteiger partial charge in [0.15, 0.2) is 0 Å². The molecule has 0 saturated carbocycles. The SMILES string of the molecule is C[C@@]1(Oc2cc(NS(=O)(=O)c3sc(Cl)cc3-c3cccc(Cl)c3)ccc2Cl)CCNC1. The van der Waals surface area contributed by atoms with Gasteiger partial charge in [0.05, 0.1) is 15.0 Å². The van der Waals surface area contributed by atoms with Gasteiger partial charge in [0.2, 0.25) is 0 Å². The zero-order valence-corrected chi connectivity index (χ0v) is 20.3. The first-order valence-electron chi connectivity index (χ1n) is 9.43. The van der Waals surface area contributed by atoms with Crippen LogP contribution in [-0.2, 0) is 10.0 Å². The van der Waals surface area contributed by atoms with E-state index in [0.717, 1.165) is 24.3 Å². The number of benzene rings is 2. The lowest BCUT2D eigenvalue weighted by Gasteiger charge is -2.25. The smallest absolute Gasteiger partial charge is 0.272 e. The van der Waals surface area contributed by atoms with Crippen molar-refractivity contribution in [1.29, 1.82) is 0 Å². The largest absolute Gasteiger partial charge is 0.485 e. The Morgan fingerprint density at radius 3 is 2.65 bits per heavy atom. The van der Waals surface area contributed by atoms with Gasteiger partial charge in [0, 0.05) is 29.6 Å². The highest BCUT2D eigenvalue weighted by atomic mass is 35.5. The standard InChI is InChI=1S/C21H19Cl3N2O3S2/c1-21(7-8-25-12-21)29-18-10-15(5-6-17(18)23)26-31(27,28)20-16(11-19(24)30-20)13-3-2-4-14(22)9-13/h2-6,9-11,25-26H,7-8,12H2,1H3/t21-/m1/s1. The highest BCUT2D eigenvalue weighted by Gasteiger charge is 2.31. The van der Waals surface area contributed by atoms with E-state index in [1.54, 1.807) is 48.5 Å². The third-order valence-electron chi connectivity index (χ3n) is 4.92. The number of hydrogen-bond acceptors (Lipinski definition) is 5. The van der Waals surface area contributed by atoms with Gasteiger partial charge in [-0.2, -0.15) is 0 Å². The summed E-state index contributed by atoms with van der Waals surface area (Å²) < 4.78 is 35.6. The predicted molar refractivity (Wildman–Crippen MR) is 129 cm³/mol. The molecule has 2 heterocycles. The molecule has 0 aliphatic carbocycles. The normalized spacial score (nSPS) is 18.8. The van der Waals surface area contributed by atoms with Crippen LogP contribution in [0.2, 0.25) is 14.4 Å². The maximum absolute atomic E-state index is 13.2. The zero-order chi connectivity index (χ0) is 22.2. The Balaban J connectivity index is 1.65. The molecule has 0 unspecified atom stereocenters. The average Bonchev–Trinajstić information content (AvgIpc) is 3.31. The van der Waals surface area contributed by atoms with Crippen molar-refractivity contribution < 1.29 is 13.2 Å². The molecule has 2 aromatic carbocycles. The summed E-state index contributed by atoms with van der Waals surface area (Å²) in [5, 5.41) is 4.17. The van der Waals surface area contributed by atoms with Crippen molar-refractivity contribution in [2.24, 2.45) is 0 Å². The minimum absolute atomic E-state index is 0.101. The molecular formula is C21H19Cl3N2O3S2. The summed E-state index contributed by atoms with van der Waals surface area (Å²) in [6.07, 6.45) is 0.829. The molecule has 1 aliphatic heterocycles. The first-order chi connectivity index (χ1) is 14.7. The molecule has 1 aliphatic rings. The van der Waals surface area contributed by atoms with Crippen LogP contribution >= 0.6 is 46.1 Å². The van der Waals surface area contributed by atoms with E-state index < -0.39 is 15.6 Å².